The second-order valence-corrected chi connectivity index (χ2v) is 8.41. The zero-order valence-corrected chi connectivity index (χ0v) is 16.4. The second kappa shape index (κ2) is 7.16. The number of carbonyl (C=O) groups excluding carboxylic acids is 2. The third kappa shape index (κ3) is 3.53. The summed E-state index contributed by atoms with van der Waals surface area (Å²) in [6.07, 6.45) is 3.36. The zero-order chi connectivity index (χ0) is 19.7. The average molecular weight is 392 g/mol. The molecule has 0 saturated heterocycles. The molecule has 6 nitrogen and oxygen atoms in total. The minimum atomic E-state index is -1.26. The molecule has 1 unspecified atom stereocenters. The molecule has 0 saturated carbocycles. The van der Waals surface area contributed by atoms with Gasteiger partial charge in [-0.2, -0.15) is 5.10 Å². The maximum absolute atomic E-state index is 12.9. The van der Waals surface area contributed by atoms with Crippen molar-refractivity contribution >= 4 is 35.0 Å². The van der Waals surface area contributed by atoms with Gasteiger partial charge in [-0.15, -0.1) is 0 Å². The van der Waals surface area contributed by atoms with Gasteiger partial charge in [-0.25, -0.2) is 0 Å². The second-order valence-electron chi connectivity index (χ2n) is 6.95. The van der Waals surface area contributed by atoms with Crippen molar-refractivity contribution in [2.24, 2.45) is 0 Å². The van der Waals surface area contributed by atoms with Crippen molar-refractivity contribution in [3.63, 3.8) is 0 Å². The molecule has 0 spiro atoms. The third-order valence-electron chi connectivity index (χ3n) is 4.67. The van der Waals surface area contributed by atoms with E-state index in [9.17, 15) is 9.59 Å². The summed E-state index contributed by atoms with van der Waals surface area (Å²) in [5.41, 5.74) is 3.62. The number of anilines is 2. The Bertz CT molecular complexity index is 1040. The van der Waals surface area contributed by atoms with Gasteiger partial charge in [0.25, 0.3) is 0 Å². The lowest BCUT2D eigenvalue weighted by atomic mass is 10.1. The van der Waals surface area contributed by atoms with Crippen molar-refractivity contribution in [3.05, 3.63) is 72.1 Å². The van der Waals surface area contributed by atoms with E-state index >= 15 is 0 Å². The molecule has 2 amide bonds. The highest BCUT2D eigenvalue weighted by molar-refractivity contribution is 8.02. The van der Waals surface area contributed by atoms with Gasteiger partial charge in [-0.05, 0) is 31.5 Å². The van der Waals surface area contributed by atoms with Crippen LogP contribution in [0.25, 0.3) is 0 Å². The molecular weight excluding hydrogens is 372 g/mol. The number of benzene rings is 2. The Kier molecular flexibility index (Phi) is 4.68. The molecule has 1 aliphatic rings. The maximum Gasteiger partial charge on any atom is 0.250 e. The fourth-order valence-electron chi connectivity index (χ4n) is 2.96. The van der Waals surface area contributed by atoms with E-state index in [0.717, 1.165) is 16.1 Å². The summed E-state index contributed by atoms with van der Waals surface area (Å²) in [5.74, 6) is -0.708. The molecule has 1 atom stereocenters. The van der Waals surface area contributed by atoms with Crippen molar-refractivity contribution in [1.82, 2.24) is 9.78 Å². The topological polar surface area (TPSA) is 76.0 Å². The van der Waals surface area contributed by atoms with Crippen LogP contribution in [0.4, 0.5) is 11.4 Å². The molecule has 0 aliphatic carbocycles. The number of aryl methyl sites for hydroxylation is 1. The van der Waals surface area contributed by atoms with Crippen molar-refractivity contribution in [3.8, 4) is 0 Å². The Labute approximate surface area is 167 Å². The first-order valence-electron chi connectivity index (χ1n) is 8.93. The van der Waals surface area contributed by atoms with Gasteiger partial charge in [0.15, 0.2) is 4.75 Å². The van der Waals surface area contributed by atoms with E-state index in [4.69, 9.17) is 0 Å². The number of aromatic nitrogens is 2. The molecule has 1 aliphatic heterocycles. The zero-order valence-electron chi connectivity index (χ0n) is 15.6. The number of para-hydroxylation sites is 1. The molecule has 0 bridgehead atoms. The van der Waals surface area contributed by atoms with Crippen LogP contribution in [0.5, 0.6) is 0 Å². The number of rotatable bonds is 4. The van der Waals surface area contributed by atoms with E-state index < -0.39 is 4.75 Å². The first kappa shape index (κ1) is 18.3. The number of carbonyl (C=O) groups is 2. The molecule has 0 radical (unpaired) electrons. The maximum atomic E-state index is 12.9. The van der Waals surface area contributed by atoms with Gasteiger partial charge in [-0.3, -0.25) is 14.3 Å². The normalized spacial score (nSPS) is 18.3. The van der Waals surface area contributed by atoms with Crippen molar-refractivity contribution in [2.75, 3.05) is 10.6 Å². The summed E-state index contributed by atoms with van der Waals surface area (Å²) >= 11 is 1.25. The molecule has 0 fully saturated rings. The standard InChI is InChI=1S/C21H20N4O2S/c1-14-7-9-15(10-8-14)12-25-13-16(11-22-25)23-19(26)21(2)20(27)24-17-5-3-4-6-18(17)28-21/h3-11,13H,12H2,1-2H3,(H,23,26)(H,24,27). The van der Waals surface area contributed by atoms with Crippen LogP contribution in [0.1, 0.15) is 18.1 Å². The monoisotopic (exact) mass is 392 g/mol. The van der Waals surface area contributed by atoms with Gasteiger partial charge in [0.2, 0.25) is 11.8 Å². The van der Waals surface area contributed by atoms with Crippen LogP contribution in [0.3, 0.4) is 0 Å². The third-order valence-corrected chi connectivity index (χ3v) is 6.03. The van der Waals surface area contributed by atoms with Crippen LogP contribution in [-0.2, 0) is 16.1 Å². The number of hydrogen-bond donors (Lipinski definition) is 2. The quantitative estimate of drug-likeness (QED) is 0.664. The van der Waals surface area contributed by atoms with E-state index in [2.05, 4.69) is 40.0 Å². The SMILES string of the molecule is Cc1ccc(Cn2cc(NC(=O)C3(C)Sc4ccccc4NC3=O)cn2)cc1. The highest BCUT2D eigenvalue weighted by Crippen LogP contribution is 2.42. The lowest BCUT2D eigenvalue weighted by molar-refractivity contribution is -0.126. The summed E-state index contributed by atoms with van der Waals surface area (Å²) in [4.78, 5) is 26.3. The van der Waals surface area contributed by atoms with Gasteiger partial charge in [-0.1, -0.05) is 53.7 Å². The summed E-state index contributed by atoms with van der Waals surface area (Å²) in [6, 6.07) is 15.7. The van der Waals surface area contributed by atoms with Gasteiger partial charge < -0.3 is 10.6 Å². The number of fused-ring (bicyclic) bond motifs is 1. The number of hydrogen-bond acceptors (Lipinski definition) is 4. The van der Waals surface area contributed by atoms with Gasteiger partial charge >= 0.3 is 0 Å². The fourth-order valence-corrected chi connectivity index (χ4v) is 4.06. The molecule has 142 valence electrons. The number of nitrogens with zero attached hydrogens (tertiary/aromatic N) is 2. The summed E-state index contributed by atoms with van der Waals surface area (Å²) in [5, 5.41) is 9.95. The summed E-state index contributed by atoms with van der Waals surface area (Å²) in [6.45, 7) is 4.29. The number of thioether (sulfide) groups is 1. The van der Waals surface area contributed by atoms with E-state index in [1.165, 1.54) is 17.3 Å². The average Bonchev–Trinajstić information content (AvgIpc) is 3.11. The predicted octanol–water partition coefficient (Wildman–Crippen LogP) is 3.68. The molecule has 4 rings (SSSR count). The van der Waals surface area contributed by atoms with Crippen LogP contribution >= 0.6 is 11.8 Å². The van der Waals surface area contributed by atoms with Crippen LogP contribution in [-0.4, -0.2) is 26.3 Å². The van der Waals surface area contributed by atoms with E-state index in [-0.39, 0.29) is 11.8 Å². The first-order valence-corrected chi connectivity index (χ1v) is 9.75. The Morgan fingerprint density at radius 2 is 1.96 bits per heavy atom. The van der Waals surface area contributed by atoms with E-state index in [1.807, 2.05) is 31.2 Å². The van der Waals surface area contributed by atoms with E-state index in [1.54, 1.807) is 24.0 Å². The largest absolute Gasteiger partial charge is 0.323 e. The molecule has 28 heavy (non-hydrogen) atoms. The molecule has 3 aromatic rings. The van der Waals surface area contributed by atoms with E-state index in [0.29, 0.717) is 12.2 Å². The van der Waals surface area contributed by atoms with Crippen LogP contribution in [0.2, 0.25) is 0 Å². The highest BCUT2D eigenvalue weighted by Gasteiger charge is 2.45. The smallest absolute Gasteiger partial charge is 0.250 e. The molecular formula is C21H20N4O2S. The summed E-state index contributed by atoms with van der Waals surface area (Å²) in [7, 11) is 0. The van der Waals surface area contributed by atoms with Crippen molar-refractivity contribution in [2.45, 2.75) is 30.0 Å². The van der Waals surface area contributed by atoms with Crippen molar-refractivity contribution < 1.29 is 9.59 Å². The van der Waals surface area contributed by atoms with Crippen LogP contribution in [0.15, 0.2) is 65.8 Å². The predicted molar refractivity (Wildman–Crippen MR) is 110 cm³/mol. The van der Waals surface area contributed by atoms with Crippen LogP contribution < -0.4 is 10.6 Å². The molecule has 1 aromatic heterocycles. The van der Waals surface area contributed by atoms with Gasteiger partial charge in [0.1, 0.15) is 0 Å². The number of nitrogens with one attached hydrogen (secondary N) is 2. The lowest BCUT2D eigenvalue weighted by Crippen LogP contribution is -2.49. The lowest BCUT2D eigenvalue weighted by Gasteiger charge is -2.31. The van der Waals surface area contributed by atoms with Crippen LogP contribution in [0, 0.1) is 6.92 Å². The number of amides is 2. The Morgan fingerprint density at radius 3 is 2.75 bits per heavy atom. The first-order chi connectivity index (χ1) is 13.4. The molecule has 2 N–H and O–H groups in total. The Morgan fingerprint density at radius 1 is 1.21 bits per heavy atom. The molecule has 7 heteroatoms. The van der Waals surface area contributed by atoms with Gasteiger partial charge in [0, 0.05) is 11.1 Å². The summed E-state index contributed by atoms with van der Waals surface area (Å²) < 4.78 is 0.499. The fraction of sp³-hybridized carbons (Fsp3) is 0.190. The van der Waals surface area contributed by atoms with Crippen molar-refractivity contribution in [1.29, 1.82) is 0 Å². The minimum Gasteiger partial charge on any atom is -0.323 e. The highest BCUT2D eigenvalue weighted by atomic mass is 32.2. The van der Waals surface area contributed by atoms with Gasteiger partial charge in [0.05, 0.1) is 24.1 Å². The minimum absolute atomic E-state index is 0.333. The Hall–Kier alpha value is -3.06. The molecule has 2 aromatic carbocycles. The Balaban J connectivity index is 1.47. The molecule has 2 heterocycles.